The summed E-state index contributed by atoms with van der Waals surface area (Å²) >= 11 is 0. The molecule has 0 radical (unpaired) electrons. The van der Waals surface area contributed by atoms with E-state index in [1.54, 1.807) is 0 Å². The lowest BCUT2D eigenvalue weighted by molar-refractivity contribution is 0.124. The molecular weight excluding hydrogens is 306 g/mol. The van der Waals surface area contributed by atoms with Crippen LogP contribution >= 0.6 is 0 Å². The monoisotopic (exact) mass is 335 g/mol. The number of hydrogen-bond acceptors (Lipinski definition) is 2. The summed E-state index contributed by atoms with van der Waals surface area (Å²) in [6, 6.07) is 19.5. The second-order valence-corrected chi connectivity index (χ2v) is 7.76. The van der Waals surface area contributed by atoms with E-state index in [1.165, 1.54) is 62.9 Å². The van der Waals surface area contributed by atoms with Crippen molar-refractivity contribution < 1.29 is 4.74 Å². The van der Waals surface area contributed by atoms with Crippen LogP contribution in [-0.4, -0.2) is 31.1 Å². The van der Waals surface area contributed by atoms with E-state index in [1.807, 2.05) is 0 Å². The average molecular weight is 335 g/mol. The van der Waals surface area contributed by atoms with Crippen molar-refractivity contribution in [1.82, 2.24) is 4.90 Å². The molecule has 0 spiro atoms. The number of rotatable bonds is 5. The fourth-order valence-corrected chi connectivity index (χ4v) is 4.35. The van der Waals surface area contributed by atoms with Crippen LogP contribution in [0.1, 0.15) is 30.4 Å². The number of fused-ring (bicyclic) bond motifs is 1. The summed E-state index contributed by atoms with van der Waals surface area (Å²) in [5, 5.41) is 0. The summed E-state index contributed by atoms with van der Waals surface area (Å²) in [7, 11) is 0. The van der Waals surface area contributed by atoms with Gasteiger partial charge in [-0.25, -0.2) is 0 Å². The Bertz CT molecular complexity index is 661. The molecule has 2 aliphatic rings. The minimum atomic E-state index is 0.649. The maximum Gasteiger partial charge on any atom is 0.122 e. The third-order valence-electron chi connectivity index (χ3n) is 5.86. The van der Waals surface area contributed by atoms with E-state index < -0.39 is 0 Å². The number of likely N-dealkylation sites (tertiary alicyclic amines) is 1. The molecule has 1 atom stereocenters. The zero-order valence-corrected chi connectivity index (χ0v) is 15.1. The Morgan fingerprint density at radius 2 is 1.64 bits per heavy atom. The quantitative estimate of drug-likeness (QED) is 0.793. The van der Waals surface area contributed by atoms with Crippen LogP contribution in [0.3, 0.4) is 0 Å². The van der Waals surface area contributed by atoms with Gasteiger partial charge in [-0.2, -0.15) is 0 Å². The lowest BCUT2D eigenvalue weighted by Gasteiger charge is -2.35. The highest BCUT2D eigenvalue weighted by Gasteiger charge is 2.25. The van der Waals surface area contributed by atoms with Gasteiger partial charge in [0.05, 0.1) is 6.61 Å². The highest BCUT2D eigenvalue weighted by molar-refractivity contribution is 5.35. The standard InChI is InChI=1S/C23H29NO/c1-2-6-19(7-3-1)10-11-20-12-14-24(15-13-20)17-21-16-22-8-4-5-9-23(22)25-18-21/h1-9,20-21H,10-18H2. The molecule has 2 aromatic rings. The van der Waals surface area contributed by atoms with Crippen LogP contribution in [0.15, 0.2) is 54.6 Å². The maximum atomic E-state index is 5.96. The van der Waals surface area contributed by atoms with Gasteiger partial charge in [-0.15, -0.1) is 0 Å². The van der Waals surface area contributed by atoms with Crippen molar-refractivity contribution in [3.05, 3.63) is 65.7 Å². The minimum absolute atomic E-state index is 0.649. The fourth-order valence-electron chi connectivity index (χ4n) is 4.35. The van der Waals surface area contributed by atoms with Crippen LogP contribution in [0.2, 0.25) is 0 Å². The maximum absolute atomic E-state index is 5.96. The molecule has 25 heavy (non-hydrogen) atoms. The van der Waals surface area contributed by atoms with Crippen LogP contribution in [0.25, 0.3) is 0 Å². The summed E-state index contributed by atoms with van der Waals surface area (Å²) in [5.74, 6) is 2.65. The molecule has 1 unspecified atom stereocenters. The van der Waals surface area contributed by atoms with E-state index in [2.05, 4.69) is 59.5 Å². The van der Waals surface area contributed by atoms with E-state index >= 15 is 0 Å². The largest absolute Gasteiger partial charge is 0.493 e. The number of piperidine rings is 1. The molecule has 0 bridgehead atoms. The third-order valence-corrected chi connectivity index (χ3v) is 5.86. The second-order valence-electron chi connectivity index (χ2n) is 7.76. The number of para-hydroxylation sites is 1. The molecule has 0 saturated carbocycles. The van der Waals surface area contributed by atoms with E-state index in [0.717, 1.165) is 18.3 Å². The minimum Gasteiger partial charge on any atom is -0.493 e. The first-order chi connectivity index (χ1) is 12.4. The first-order valence-electron chi connectivity index (χ1n) is 9.84. The van der Waals surface area contributed by atoms with Gasteiger partial charge in [0, 0.05) is 12.5 Å². The molecule has 0 N–H and O–H groups in total. The Morgan fingerprint density at radius 1 is 0.880 bits per heavy atom. The lowest BCUT2D eigenvalue weighted by atomic mass is 9.89. The van der Waals surface area contributed by atoms with Crippen LogP contribution in [0.4, 0.5) is 0 Å². The normalized spacial score (nSPS) is 21.5. The summed E-state index contributed by atoms with van der Waals surface area (Å²) in [6.45, 7) is 4.60. The Morgan fingerprint density at radius 3 is 2.48 bits per heavy atom. The van der Waals surface area contributed by atoms with Crippen LogP contribution in [0, 0.1) is 11.8 Å². The molecule has 2 heterocycles. The number of benzene rings is 2. The molecule has 2 heteroatoms. The molecule has 2 nitrogen and oxygen atoms in total. The van der Waals surface area contributed by atoms with E-state index in [4.69, 9.17) is 4.74 Å². The Kier molecular flexibility index (Phi) is 5.37. The predicted molar refractivity (Wildman–Crippen MR) is 103 cm³/mol. The van der Waals surface area contributed by atoms with Gasteiger partial charge in [0.15, 0.2) is 0 Å². The SMILES string of the molecule is c1ccc(CCC2CCN(CC3COc4ccccc4C3)CC2)cc1. The summed E-state index contributed by atoms with van der Waals surface area (Å²) in [5.41, 5.74) is 2.87. The summed E-state index contributed by atoms with van der Waals surface area (Å²) in [6.07, 6.45) is 6.47. The number of aryl methyl sites for hydroxylation is 1. The van der Waals surface area contributed by atoms with Gasteiger partial charge in [-0.1, -0.05) is 48.5 Å². The molecule has 132 valence electrons. The molecule has 2 aromatic carbocycles. The van der Waals surface area contributed by atoms with Gasteiger partial charge in [0.1, 0.15) is 5.75 Å². The molecule has 2 aliphatic heterocycles. The molecule has 1 saturated heterocycles. The highest BCUT2D eigenvalue weighted by Crippen LogP contribution is 2.28. The summed E-state index contributed by atoms with van der Waals surface area (Å²) < 4.78 is 5.96. The van der Waals surface area contributed by atoms with Gasteiger partial charge < -0.3 is 9.64 Å². The number of nitrogens with zero attached hydrogens (tertiary/aromatic N) is 1. The van der Waals surface area contributed by atoms with E-state index in [0.29, 0.717) is 5.92 Å². The Hall–Kier alpha value is -1.80. The van der Waals surface area contributed by atoms with Crippen molar-refractivity contribution in [3.63, 3.8) is 0 Å². The van der Waals surface area contributed by atoms with Gasteiger partial charge in [-0.05, 0) is 68.3 Å². The Balaban J connectivity index is 1.20. The van der Waals surface area contributed by atoms with Crippen LogP contribution < -0.4 is 4.74 Å². The second kappa shape index (κ2) is 8.05. The highest BCUT2D eigenvalue weighted by atomic mass is 16.5. The van der Waals surface area contributed by atoms with Crippen molar-refractivity contribution in [1.29, 1.82) is 0 Å². The van der Waals surface area contributed by atoms with E-state index in [-0.39, 0.29) is 0 Å². The average Bonchev–Trinajstić information content (AvgIpc) is 2.68. The lowest BCUT2D eigenvalue weighted by Crippen LogP contribution is -2.40. The van der Waals surface area contributed by atoms with Crippen LogP contribution in [0.5, 0.6) is 5.75 Å². The van der Waals surface area contributed by atoms with Crippen molar-refractivity contribution in [2.75, 3.05) is 26.2 Å². The third kappa shape index (κ3) is 4.43. The van der Waals surface area contributed by atoms with Crippen molar-refractivity contribution in [2.24, 2.45) is 11.8 Å². The molecular formula is C23H29NO. The van der Waals surface area contributed by atoms with Gasteiger partial charge in [-0.3, -0.25) is 0 Å². The molecule has 4 rings (SSSR count). The predicted octanol–water partition coefficient (Wildman–Crippen LogP) is 4.58. The molecule has 1 fully saturated rings. The van der Waals surface area contributed by atoms with E-state index in [9.17, 15) is 0 Å². The molecule has 0 aromatic heterocycles. The zero-order valence-electron chi connectivity index (χ0n) is 15.1. The summed E-state index contributed by atoms with van der Waals surface area (Å²) in [4.78, 5) is 2.67. The van der Waals surface area contributed by atoms with Gasteiger partial charge in [0.25, 0.3) is 0 Å². The smallest absolute Gasteiger partial charge is 0.122 e. The fraction of sp³-hybridized carbons (Fsp3) is 0.478. The number of ether oxygens (including phenoxy) is 1. The Labute approximate surface area is 151 Å². The first-order valence-corrected chi connectivity index (χ1v) is 9.84. The van der Waals surface area contributed by atoms with Gasteiger partial charge in [0.2, 0.25) is 0 Å². The van der Waals surface area contributed by atoms with Crippen molar-refractivity contribution >= 4 is 0 Å². The zero-order chi connectivity index (χ0) is 16.9. The number of hydrogen-bond donors (Lipinski definition) is 0. The molecule has 0 aliphatic carbocycles. The van der Waals surface area contributed by atoms with Crippen molar-refractivity contribution in [2.45, 2.75) is 32.1 Å². The topological polar surface area (TPSA) is 12.5 Å². The van der Waals surface area contributed by atoms with Crippen LogP contribution in [-0.2, 0) is 12.8 Å². The first kappa shape index (κ1) is 16.7. The van der Waals surface area contributed by atoms with Gasteiger partial charge >= 0.3 is 0 Å². The van der Waals surface area contributed by atoms with Crippen molar-refractivity contribution in [3.8, 4) is 5.75 Å². The molecule has 0 amide bonds.